The van der Waals surface area contributed by atoms with E-state index in [1.165, 1.54) is 11.3 Å². The number of likely N-dealkylation sites (tertiary alicyclic amines) is 1. The van der Waals surface area contributed by atoms with E-state index in [2.05, 4.69) is 30.2 Å². The molecule has 9 heteroatoms. The summed E-state index contributed by atoms with van der Waals surface area (Å²) < 4.78 is 0. The van der Waals surface area contributed by atoms with E-state index in [1.807, 2.05) is 30.2 Å². The van der Waals surface area contributed by atoms with Crippen molar-refractivity contribution >= 4 is 34.3 Å². The van der Waals surface area contributed by atoms with Crippen LogP contribution in [0.3, 0.4) is 0 Å². The highest BCUT2D eigenvalue weighted by Crippen LogP contribution is 2.31. The van der Waals surface area contributed by atoms with E-state index in [0.29, 0.717) is 18.2 Å². The molecule has 1 amide bonds. The van der Waals surface area contributed by atoms with E-state index < -0.39 is 0 Å². The highest BCUT2D eigenvalue weighted by atomic mass is 32.1. The van der Waals surface area contributed by atoms with Gasteiger partial charge in [-0.25, -0.2) is 19.9 Å². The molecule has 0 saturated carbocycles. The summed E-state index contributed by atoms with van der Waals surface area (Å²) in [7, 11) is 0. The number of aromatic amines is 1. The molecule has 1 saturated heterocycles. The molecule has 0 bridgehead atoms. The SMILES string of the molecule is Cc1csc(Nc2cc(C3CCCCN3C(=O)/C=C/c3cnc[nH]3)nc(C)n2)n1. The molecule has 1 aliphatic rings. The summed E-state index contributed by atoms with van der Waals surface area (Å²) in [4.78, 5) is 35.3. The van der Waals surface area contributed by atoms with Crippen LogP contribution in [0.1, 0.15) is 48.2 Å². The van der Waals surface area contributed by atoms with E-state index in [4.69, 9.17) is 0 Å². The fraction of sp³-hybridized carbons (Fsp3) is 0.350. The van der Waals surface area contributed by atoms with Crippen molar-refractivity contribution in [2.45, 2.75) is 39.2 Å². The van der Waals surface area contributed by atoms with Crippen LogP contribution in [0.4, 0.5) is 10.9 Å². The third-order valence-corrected chi connectivity index (χ3v) is 5.64. The number of aromatic nitrogens is 5. The molecule has 3 aromatic heterocycles. The second-order valence-electron chi connectivity index (χ2n) is 7.03. The summed E-state index contributed by atoms with van der Waals surface area (Å²) in [6, 6.07) is 1.86. The zero-order valence-electron chi connectivity index (χ0n) is 16.4. The van der Waals surface area contributed by atoms with E-state index in [9.17, 15) is 4.79 Å². The minimum Gasteiger partial charge on any atom is -0.345 e. The third kappa shape index (κ3) is 4.68. The van der Waals surface area contributed by atoms with Crippen molar-refractivity contribution in [1.29, 1.82) is 0 Å². The molecule has 0 radical (unpaired) electrons. The molecular formula is C20H23N7OS. The van der Waals surface area contributed by atoms with Crippen molar-refractivity contribution in [3.63, 3.8) is 0 Å². The van der Waals surface area contributed by atoms with Crippen molar-refractivity contribution in [3.8, 4) is 0 Å². The first kappa shape index (κ1) is 19.3. The minimum absolute atomic E-state index is 0.0226. The van der Waals surface area contributed by atoms with Gasteiger partial charge in [0.05, 0.1) is 35.6 Å². The molecule has 2 N–H and O–H groups in total. The van der Waals surface area contributed by atoms with Gasteiger partial charge >= 0.3 is 0 Å². The normalized spacial score (nSPS) is 17.0. The first-order valence-electron chi connectivity index (χ1n) is 9.60. The van der Waals surface area contributed by atoms with Crippen LogP contribution in [0.15, 0.2) is 30.0 Å². The largest absolute Gasteiger partial charge is 0.345 e. The van der Waals surface area contributed by atoms with Gasteiger partial charge in [0.25, 0.3) is 0 Å². The van der Waals surface area contributed by atoms with Gasteiger partial charge in [-0.15, -0.1) is 11.3 Å². The lowest BCUT2D eigenvalue weighted by atomic mass is 9.98. The fourth-order valence-electron chi connectivity index (χ4n) is 3.46. The lowest BCUT2D eigenvalue weighted by Crippen LogP contribution is -2.38. The van der Waals surface area contributed by atoms with Crippen molar-refractivity contribution < 1.29 is 4.79 Å². The number of nitrogens with one attached hydrogen (secondary N) is 2. The average Bonchev–Trinajstić information content (AvgIpc) is 3.37. The van der Waals surface area contributed by atoms with Crippen LogP contribution in [0, 0.1) is 13.8 Å². The number of thiazole rings is 1. The van der Waals surface area contributed by atoms with Crippen molar-refractivity contribution in [2.24, 2.45) is 0 Å². The van der Waals surface area contributed by atoms with Crippen LogP contribution in [-0.4, -0.2) is 42.3 Å². The monoisotopic (exact) mass is 409 g/mol. The van der Waals surface area contributed by atoms with Gasteiger partial charge in [0.15, 0.2) is 5.13 Å². The summed E-state index contributed by atoms with van der Waals surface area (Å²) in [5.41, 5.74) is 2.63. The molecular weight excluding hydrogens is 386 g/mol. The van der Waals surface area contributed by atoms with Crippen LogP contribution in [0.5, 0.6) is 0 Å². The van der Waals surface area contributed by atoms with Gasteiger partial charge in [0.2, 0.25) is 5.91 Å². The molecule has 1 unspecified atom stereocenters. The van der Waals surface area contributed by atoms with Gasteiger partial charge in [0.1, 0.15) is 11.6 Å². The zero-order valence-corrected chi connectivity index (χ0v) is 17.2. The van der Waals surface area contributed by atoms with Gasteiger partial charge < -0.3 is 15.2 Å². The number of amides is 1. The molecule has 0 aromatic carbocycles. The first-order valence-corrected chi connectivity index (χ1v) is 10.5. The predicted molar refractivity (Wildman–Crippen MR) is 113 cm³/mol. The first-order chi connectivity index (χ1) is 14.1. The predicted octanol–water partition coefficient (Wildman–Crippen LogP) is 3.78. The topological polar surface area (TPSA) is 99.7 Å². The number of aryl methyl sites for hydroxylation is 2. The van der Waals surface area contributed by atoms with Crippen LogP contribution in [0.25, 0.3) is 6.08 Å². The molecule has 8 nitrogen and oxygen atoms in total. The summed E-state index contributed by atoms with van der Waals surface area (Å²) in [6.45, 7) is 4.55. The van der Waals surface area contributed by atoms with E-state index >= 15 is 0 Å². The maximum atomic E-state index is 12.9. The van der Waals surface area contributed by atoms with Gasteiger partial charge in [-0.2, -0.15) is 0 Å². The Morgan fingerprint density at radius 1 is 1.31 bits per heavy atom. The molecule has 0 spiro atoms. The van der Waals surface area contributed by atoms with E-state index in [-0.39, 0.29) is 11.9 Å². The van der Waals surface area contributed by atoms with Crippen molar-refractivity contribution in [3.05, 3.63) is 53.0 Å². The van der Waals surface area contributed by atoms with E-state index in [0.717, 1.165) is 41.5 Å². The van der Waals surface area contributed by atoms with Gasteiger partial charge in [-0.05, 0) is 39.2 Å². The molecule has 4 rings (SSSR count). The maximum Gasteiger partial charge on any atom is 0.247 e. The molecule has 1 aliphatic heterocycles. The smallest absolute Gasteiger partial charge is 0.247 e. The van der Waals surface area contributed by atoms with Crippen LogP contribution < -0.4 is 5.32 Å². The Labute approximate surface area is 173 Å². The lowest BCUT2D eigenvalue weighted by Gasteiger charge is -2.35. The molecule has 1 fully saturated rings. The summed E-state index contributed by atoms with van der Waals surface area (Å²) in [5.74, 6) is 1.35. The number of nitrogens with zero attached hydrogens (tertiary/aromatic N) is 5. The standard InChI is InChI=1S/C20H23N7OS/c1-13-11-29-20(23-13)26-18-9-16(24-14(2)25-18)17-5-3-4-8-27(17)19(28)7-6-15-10-21-12-22-15/h6-7,9-12,17H,3-5,8H2,1-2H3,(H,21,22)(H,23,24,25,26)/b7-6+. The molecule has 150 valence electrons. The van der Waals surface area contributed by atoms with E-state index in [1.54, 1.807) is 24.7 Å². The Morgan fingerprint density at radius 2 is 2.21 bits per heavy atom. The Morgan fingerprint density at radius 3 is 2.97 bits per heavy atom. The number of hydrogen-bond donors (Lipinski definition) is 2. The Kier molecular flexibility index (Phi) is 5.66. The minimum atomic E-state index is -0.0667. The molecule has 29 heavy (non-hydrogen) atoms. The second-order valence-corrected chi connectivity index (χ2v) is 7.89. The van der Waals surface area contributed by atoms with Crippen LogP contribution in [0.2, 0.25) is 0 Å². The number of anilines is 2. The van der Waals surface area contributed by atoms with Crippen LogP contribution in [-0.2, 0) is 4.79 Å². The molecule has 0 aliphatic carbocycles. The lowest BCUT2D eigenvalue weighted by molar-refractivity contribution is -0.129. The quantitative estimate of drug-likeness (QED) is 0.622. The number of piperidine rings is 1. The van der Waals surface area contributed by atoms with Gasteiger partial charge in [0, 0.05) is 24.1 Å². The highest BCUT2D eigenvalue weighted by Gasteiger charge is 2.28. The third-order valence-electron chi connectivity index (χ3n) is 4.76. The van der Waals surface area contributed by atoms with Gasteiger partial charge in [-0.1, -0.05) is 0 Å². The van der Waals surface area contributed by atoms with Crippen molar-refractivity contribution in [1.82, 2.24) is 29.8 Å². The van der Waals surface area contributed by atoms with Crippen molar-refractivity contribution in [2.75, 3.05) is 11.9 Å². The number of carbonyl (C=O) groups excluding carboxylic acids is 1. The Bertz CT molecular complexity index is 1010. The Hall–Kier alpha value is -3.07. The molecule has 3 aromatic rings. The number of H-pyrrole nitrogens is 1. The number of rotatable bonds is 5. The zero-order chi connectivity index (χ0) is 20.2. The summed E-state index contributed by atoms with van der Waals surface area (Å²) in [6.07, 6.45) is 9.57. The average molecular weight is 410 g/mol. The maximum absolute atomic E-state index is 12.9. The Balaban J connectivity index is 1.56. The number of carbonyl (C=O) groups is 1. The second kappa shape index (κ2) is 8.52. The summed E-state index contributed by atoms with van der Waals surface area (Å²) >= 11 is 1.54. The van der Waals surface area contributed by atoms with Crippen LogP contribution >= 0.6 is 11.3 Å². The fourth-order valence-corrected chi connectivity index (χ4v) is 4.16. The molecule has 1 atom stereocenters. The number of imidazole rings is 1. The molecule has 4 heterocycles. The highest BCUT2D eigenvalue weighted by molar-refractivity contribution is 7.13. The number of hydrogen-bond acceptors (Lipinski definition) is 7. The van der Waals surface area contributed by atoms with Gasteiger partial charge in [-0.3, -0.25) is 4.79 Å². The summed E-state index contributed by atoms with van der Waals surface area (Å²) in [5, 5.41) is 6.05.